The Kier molecular flexibility index (Phi) is 3.82. The molecule has 0 saturated carbocycles. The molecule has 19 heavy (non-hydrogen) atoms. The molecule has 0 radical (unpaired) electrons. The zero-order valence-electron chi connectivity index (χ0n) is 11.2. The molecule has 2 heterocycles. The zero-order chi connectivity index (χ0) is 13.1. The van der Waals surface area contributed by atoms with Crippen LogP contribution in [0.25, 0.3) is 10.9 Å². The van der Waals surface area contributed by atoms with Gasteiger partial charge in [0.15, 0.2) is 0 Å². The van der Waals surface area contributed by atoms with E-state index in [4.69, 9.17) is 5.73 Å². The lowest BCUT2D eigenvalue weighted by Gasteiger charge is -2.24. The quantitative estimate of drug-likeness (QED) is 0.608. The molecule has 0 fully saturated rings. The molecule has 0 spiro atoms. The maximum absolute atomic E-state index is 5.50. The Morgan fingerprint density at radius 3 is 3.11 bits per heavy atom. The maximum atomic E-state index is 5.50. The van der Waals surface area contributed by atoms with E-state index in [9.17, 15) is 0 Å². The van der Waals surface area contributed by atoms with Crippen LogP contribution in [0.5, 0.6) is 0 Å². The first-order chi connectivity index (χ1) is 9.38. The van der Waals surface area contributed by atoms with Crippen molar-refractivity contribution in [3.05, 3.63) is 35.5 Å². The van der Waals surface area contributed by atoms with E-state index in [0.29, 0.717) is 6.04 Å². The van der Waals surface area contributed by atoms with Gasteiger partial charge in [0.25, 0.3) is 0 Å². The summed E-state index contributed by atoms with van der Waals surface area (Å²) >= 11 is 0. The van der Waals surface area contributed by atoms with Gasteiger partial charge in [0.2, 0.25) is 0 Å². The third kappa shape index (κ3) is 2.66. The first-order valence-electron chi connectivity index (χ1n) is 7.11. The lowest BCUT2D eigenvalue weighted by molar-refractivity contribution is 0.445. The van der Waals surface area contributed by atoms with Crippen LogP contribution in [0, 0.1) is 0 Å². The molecule has 4 nitrogen and oxygen atoms in total. The summed E-state index contributed by atoms with van der Waals surface area (Å²) in [5.74, 6) is 0. The van der Waals surface area contributed by atoms with Gasteiger partial charge in [-0.15, -0.1) is 0 Å². The van der Waals surface area contributed by atoms with Crippen LogP contribution in [0.15, 0.2) is 24.3 Å². The highest BCUT2D eigenvalue weighted by Crippen LogP contribution is 2.26. The van der Waals surface area contributed by atoms with Gasteiger partial charge in [-0.3, -0.25) is 0 Å². The van der Waals surface area contributed by atoms with Crippen LogP contribution in [-0.2, 0) is 13.0 Å². The first-order valence-corrected chi connectivity index (χ1v) is 7.11. The van der Waals surface area contributed by atoms with Crippen molar-refractivity contribution >= 4 is 10.9 Å². The predicted octanol–water partition coefficient (Wildman–Crippen LogP) is 1.12. The number of hydrogen-bond donors (Lipinski definition) is 4. The average Bonchev–Trinajstić information content (AvgIpc) is 2.82. The van der Waals surface area contributed by atoms with Crippen molar-refractivity contribution in [3.8, 4) is 0 Å². The van der Waals surface area contributed by atoms with E-state index in [1.54, 1.807) is 0 Å². The van der Waals surface area contributed by atoms with E-state index in [-0.39, 0.29) is 0 Å². The molecule has 0 bridgehead atoms. The van der Waals surface area contributed by atoms with Crippen molar-refractivity contribution in [2.75, 3.05) is 19.6 Å². The number of H-pyrrole nitrogens is 1. The number of aromatic amines is 1. The van der Waals surface area contributed by atoms with Crippen molar-refractivity contribution in [3.63, 3.8) is 0 Å². The minimum atomic E-state index is 0.518. The van der Waals surface area contributed by atoms with Crippen molar-refractivity contribution in [2.24, 2.45) is 5.73 Å². The molecule has 0 amide bonds. The second-order valence-corrected chi connectivity index (χ2v) is 5.26. The number of rotatable bonds is 5. The normalized spacial score (nSPS) is 18.7. The number of nitrogens with two attached hydrogens (primary N) is 1. The molecule has 1 aliphatic rings. The summed E-state index contributed by atoms with van der Waals surface area (Å²) in [6, 6.07) is 9.10. The topological polar surface area (TPSA) is 65.9 Å². The highest BCUT2D eigenvalue weighted by Gasteiger charge is 2.21. The third-order valence-corrected chi connectivity index (χ3v) is 3.87. The molecule has 3 rings (SSSR count). The minimum Gasteiger partial charge on any atom is -0.357 e. The Hall–Kier alpha value is -1.36. The van der Waals surface area contributed by atoms with Crippen LogP contribution in [-0.4, -0.2) is 30.7 Å². The fraction of sp³-hybridized carbons (Fsp3) is 0.467. The van der Waals surface area contributed by atoms with Crippen LogP contribution in [0.3, 0.4) is 0 Å². The highest BCUT2D eigenvalue weighted by molar-refractivity contribution is 5.84. The van der Waals surface area contributed by atoms with Gasteiger partial charge in [-0.1, -0.05) is 18.2 Å². The Morgan fingerprint density at radius 1 is 1.32 bits per heavy atom. The fourth-order valence-corrected chi connectivity index (χ4v) is 2.85. The third-order valence-electron chi connectivity index (χ3n) is 3.87. The number of fused-ring (bicyclic) bond motifs is 3. The van der Waals surface area contributed by atoms with E-state index in [0.717, 1.165) is 39.0 Å². The first kappa shape index (κ1) is 12.7. The number of nitrogens with one attached hydrogen (secondary N) is 3. The highest BCUT2D eigenvalue weighted by atomic mass is 15.0. The summed E-state index contributed by atoms with van der Waals surface area (Å²) in [6.45, 7) is 3.72. The van der Waals surface area contributed by atoms with Crippen LogP contribution in [0.2, 0.25) is 0 Å². The molecule has 0 saturated heterocycles. The molecule has 1 aromatic heterocycles. The van der Waals surface area contributed by atoms with Crippen molar-refractivity contribution in [1.29, 1.82) is 0 Å². The molecule has 2 aromatic rings. The summed E-state index contributed by atoms with van der Waals surface area (Å²) in [5.41, 5.74) is 9.59. The lowest BCUT2D eigenvalue weighted by atomic mass is 9.98. The minimum absolute atomic E-state index is 0.518. The van der Waals surface area contributed by atoms with E-state index >= 15 is 0 Å². The Morgan fingerprint density at radius 2 is 2.21 bits per heavy atom. The molecule has 1 unspecified atom stereocenters. The van der Waals surface area contributed by atoms with Crippen LogP contribution in [0.1, 0.15) is 17.7 Å². The number of hydrogen-bond acceptors (Lipinski definition) is 3. The summed E-state index contributed by atoms with van der Waals surface area (Å²) in [6.07, 6.45) is 2.14. The monoisotopic (exact) mass is 258 g/mol. The number of aromatic nitrogens is 1. The van der Waals surface area contributed by atoms with Crippen LogP contribution >= 0.6 is 0 Å². The number of para-hydroxylation sites is 1. The Balaban J connectivity index is 1.69. The lowest BCUT2D eigenvalue weighted by Crippen LogP contribution is -2.43. The molecule has 4 heteroatoms. The van der Waals surface area contributed by atoms with Crippen molar-refractivity contribution in [2.45, 2.75) is 25.4 Å². The van der Waals surface area contributed by atoms with Gasteiger partial charge >= 0.3 is 0 Å². The van der Waals surface area contributed by atoms with E-state index < -0.39 is 0 Å². The van der Waals surface area contributed by atoms with Crippen molar-refractivity contribution < 1.29 is 0 Å². The molecule has 0 aliphatic carbocycles. The summed E-state index contributed by atoms with van der Waals surface area (Å²) in [4.78, 5) is 3.51. The molecule has 5 N–H and O–H groups in total. The summed E-state index contributed by atoms with van der Waals surface area (Å²) < 4.78 is 0. The summed E-state index contributed by atoms with van der Waals surface area (Å²) in [7, 11) is 0. The van der Waals surface area contributed by atoms with Gasteiger partial charge in [-0.25, -0.2) is 0 Å². The molecule has 1 aromatic carbocycles. The summed E-state index contributed by atoms with van der Waals surface area (Å²) in [5, 5.41) is 8.44. The number of benzene rings is 1. The second-order valence-electron chi connectivity index (χ2n) is 5.26. The van der Waals surface area contributed by atoms with E-state index in [2.05, 4.69) is 39.9 Å². The van der Waals surface area contributed by atoms with Crippen LogP contribution in [0.4, 0.5) is 0 Å². The van der Waals surface area contributed by atoms with E-state index in [1.165, 1.54) is 22.2 Å². The van der Waals surface area contributed by atoms with Gasteiger partial charge < -0.3 is 21.4 Å². The Labute approximate surface area is 113 Å². The largest absolute Gasteiger partial charge is 0.357 e. The van der Waals surface area contributed by atoms with Gasteiger partial charge in [-0.05, 0) is 37.6 Å². The average molecular weight is 258 g/mol. The predicted molar refractivity (Wildman–Crippen MR) is 79.2 cm³/mol. The van der Waals surface area contributed by atoms with Gasteiger partial charge in [-0.2, -0.15) is 0 Å². The van der Waals surface area contributed by atoms with Gasteiger partial charge in [0, 0.05) is 35.7 Å². The standard InChI is InChI=1S/C15H22N4/c16-6-3-7-17-9-11-8-13-12-4-1-2-5-14(12)19-15(13)10-18-11/h1-2,4-5,11,17-19H,3,6-10,16H2. The fourth-order valence-electron chi connectivity index (χ4n) is 2.85. The van der Waals surface area contributed by atoms with Gasteiger partial charge in [0.1, 0.15) is 0 Å². The molecular formula is C15H22N4. The maximum Gasteiger partial charge on any atom is 0.0459 e. The molecule has 1 atom stereocenters. The SMILES string of the molecule is NCCCNCC1Cc2c([nH]c3ccccc23)CN1. The zero-order valence-corrected chi connectivity index (χ0v) is 11.2. The Bertz CT molecular complexity index is 546. The second kappa shape index (κ2) is 5.74. The van der Waals surface area contributed by atoms with E-state index in [1.807, 2.05) is 0 Å². The van der Waals surface area contributed by atoms with Gasteiger partial charge in [0.05, 0.1) is 0 Å². The molecule has 102 valence electrons. The smallest absolute Gasteiger partial charge is 0.0459 e. The van der Waals surface area contributed by atoms with Crippen LogP contribution < -0.4 is 16.4 Å². The molecule has 1 aliphatic heterocycles. The van der Waals surface area contributed by atoms with Crippen molar-refractivity contribution in [1.82, 2.24) is 15.6 Å². The molecular weight excluding hydrogens is 236 g/mol.